The molecule has 8 heteroatoms. The Bertz CT molecular complexity index is 756. The Morgan fingerprint density at radius 2 is 1.96 bits per heavy atom. The van der Waals surface area contributed by atoms with Crippen molar-refractivity contribution in [3.8, 4) is 11.5 Å². The predicted octanol–water partition coefficient (Wildman–Crippen LogP) is 3.85. The van der Waals surface area contributed by atoms with Crippen molar-refractivity contribution in [1.29, 1.82) is 0 Å². The number of benzene rings is 1. The van der Waals surface area contributed by atoms with Gasteiger partial charge in [-0.3, -0.25) is 10.1 Å². The van der Waals surface area contributed by atoms with Gasteiger partial charge >= 0.3 is 5.97 Å². The maximum absolute atomic E-state index is 11.4. The van der Waals surface area contributed by atoms with Crippen LogP contribution in [-0.2, 0) is 16.0 Å². The lowest BCUT2D eigenvalue weighted by molar-refractivity contribution is -0.140. The van der Waals surface area contributed by atoms with Gasteiger partial charge in [0.25, 0.3) is 0 Å². The van der Waals surface area contributed by atoms with Gasteiger partial charge in [-0.05, 0) is 30.5 Å². The van der Waals surface area contributed by atoms with Crippen LogP contribution in [0.5, 0.6) is 0 Å². The van der Waals surface area contributed by atoms with Gasteiger partial charge in [0.05, 0.1) is 11.7 Å². The number of carbonyl (C=O) groups is 2. The number of nitrogens with one attached hydrogen (secondary N) is 1. The SMILES string of the molecule is CC(C)CC(NC(C=O)Cc1coc(-c2cc(Cl)cc(Cl)c2)n1)C(=O)O. The zero-order valence-corrected chi connectivity index (χ0v) is 15.9. The number of oxazole rings is 1. The van der Waals surface area contributed by atoms with Gasteiger partial charge in [0.2, 0.25) is 5.89 Å². The molecule has 6 nitrogen and oxygen atoms in total. The lowest BCUT2D eigenvalue weighted by Gasteiger charge is -2.20. The van der Waals surface area contributed by atoms with Gasteiger partial charge in [0.1, 0.15) is 18.6 Å². The van der Waals surface area contributed by atoms with Crippen LogP contribution < -0.4 is 5.32 Å². The van der Waals surface area contributed by atoms with Crippen molar-refractivity contribution in [3.63, 3.8) is 0 Å². The molecule has 1 aromatic carbocycles. The number of rotatable bonds is 9. The Hall–Kier alpha value is -1.89. The van der Waals surface area contributed by atoms with Crippen LogP contribution in [0.2, 0.25) is 10.0 Å². The minimum atomic E-state index is -0.986. The second-order valence-corrected chi connectivity index (χ2v) is 7.31. The maximum Gasteiger partial charge on any atom is 0.320 e. The highest BCUT2D eigenvalue weighted by Gasteiger charge is 2.23. The molecule has 1 heterocycles. The quantitative estimate of drug-likeness (QED) is 0.623. The number of halogens is 2. The molecule has 140 valence electrons. The van der Waals surface area contributed by atoms with Crippen molar-refractivity contribution in [2.75, 3.05) is 0 Å². The van der Waals surface area contributed by atoms with Gasteiger partial charge < -0.3 is 14.3 Å². The lowest BCUT2D eigenvalue weighted by atomic mass is 10.0. The molecule has 2 rings (SSSR count). The van der Waals surface area contributed by atoms with E-state index < -0.39 is 18.1 Å². The molecular weight excluding hydrogens is 379 g/mol. The Morgan fingerprint density at radius 1 is 1.31 bits per heavy atom. The average molecular weight is 399 g/mol. The van der Waals surface area contributed by atoms with E-state index in [1.807, 2.05) is 13.8 Å². The van der Waals surface area contributed by atoms with Crippen LogP contribution in [0.1, 0.15) is 26.0 Å². The van der Waals surface area contributed by atoms with E-state index in [1.165, 1.54) is 6.26 Å². The first-order chi connectivity index (χ1) is 12.3. The summed E-state index contributed by atoms with van der Waals surface area (Å²) in [5.41, 5.74) is 1.14. The zero-order valence-electron chi connectivity index (χ0n) is 14.4. The fraction of sp³-hybridized carbons (Fsp3) is 0.389. The van der Waals surface area contributed by atoms with E-state index in [0.717, 1.165) is 0 Å². The molecule has 2 unspecified atom stereocenters. The first kappa shape index (κ1) is 20.4. The third kappa shape index (κ3) is 5.83. The Morgan fingerprint density at radius 3 is 2.50 bits per heavy atom. The van der Waals surface area contributed by atoms with Crippen molar-refractivity contribution in [2.24, 2.45) is 5.92 Å². The van der Waals surface area contributed by atoms with Crippen LogP contribution in [0.4, 0.5) is 0 Å². The van der Waals surface area contributed by atoms with Gasteiger partial charge in [0.15, 0.2) is 0 Å². The number of nitrogens with zero attached hydrogens (tertiary/aromatic N) is 1. The lowest BCUT2D eigenvalue weighted by Crippen LogP contribution is -2.45. The van der Waals surface area contributed by atoms with E-state index in [0.29, 0.717) is 39.9 Å². The fourth-order valence-corrected chi connectivity index (χ4v) is 3.08. The normalized spacial score (nSPS) is 13.6. The smallest absolute Gasteiger partial charge is 0.320 e. The number of hydrogen-bond donors (Lipinski definition) is 2. The summed E-state index contributed by atoms with van der Waals surface area (Å²) >= 11 is 12.0. The molecule has 0 aliphatic carbocycles. The number of aromatic nitrogens is 1. The molecule has 0 spiro atoms. The summed E-state index contributed by atoms with van der Waals surface area (Å²) in [6.45, 7) is 3.85. The fourth-order valence-electron chi connectivity index (χ4n) is 2.55. The highest BCUT2D eigenvalue weighted by Crippen LogP contribution is 2.27. The number of carboxylic acids is 1. The van der Waals surface area contributed by atoms with Crippen molar-refractivity contribution >= 4 is 35.5 Å². The number of carbonyl (C=O) groups excluding carboxylic acids is 1. The molecule has 2 aromatic rings. The first-order valence-electron chi connectivity index (χ1n) is 8.13. The summed E-state index contributed by atoms with van der Waals surface area (Å²) < 4.78 is 5.43. The van der Waals surface area contributed by atoms with Gasteiger partial charge in [-0.1, -0.05) is 37.0 Å². The molecule has 0 saturated heterocycles. The summed E-state index contributed by atoms with van der Waals surface area (Å²) in [5.74, 6) is -0.479. The van der Waals surface area contributed by atoms with Crippen molar-refractivity contribution in [3.05, 3.63) is 40.2 Å². The molecule has 0 bridgehead atoms. The van der Waals surface area contributed by atoms with Crippen LogP contribution >= 0.6 is 23.2 Å². The Kier molecular flexibility index (Phi) is 7.20. The molecular formula is C18H20Cl2N2O4. The van der Waals surface area contributed by atoms with Crippen LogP contribution in [0.25, 0.3) is 11.5 Å². The van der Waals surface area contributed by atoms with Crippen LogP contribution in [0.15, 0.2) is 28.9 Å². The maximum atomic E-state index is 11.4. The summed E-state index contributed by atoms with van der Waals surface area (Å²) in [6, 6.07) is 3.45. The number of aliphatic carboxylic acids is 1. The van der Waals surface area contributed by atoms with E-state index in [-0.39, 0.29) is 12.3 Å². The third-order valence-corrected chi connectivity index (χ3v) is 4.11. The van der Waals surface area contributed by atoms with Crippen LogP contribution in [-0.4, -0.2) is 34.4 Å². The Balaban J connectivity index is 2.10. The van der Waals surface area contributed by atoms with E-state index in [4.69, 9.17) is 27.6 Å². The second kappa shape index (κ2) is 9.16. The minimum absolute atomic E-state index is 0.183. The molecule has 26 heavy (non-hydrogen) atoms. The molecule has 0 aliphatic heterocycles. The molecule has 0 amide bonds. The van der Waals surface area contributed by atoms with E-state index in [1.54, 1.807) is 18.2 Å². The van der Waals surface area contributed by atoms with E-state index in [9.17, 15) is 14.7 Å². The minimum Gasteiger partial charge on any atom is -0.480 e. The van der Waals surface area contributed by atoms with Gasteiger partial charge in [-0.15, -0.1) is 0 Å². The van der Waals surface area contributed by atoms with Gasteiger partial charge in [-0.2, -0.15) is 0 Å². The van der Waals surface area contributed by atoms with E-state index >= 15 is 0 Å². The highest BCUT2D eigenvalue weighted by atomic mass is 35.5. The molecule has 2 atom stereocenters. The summed E-state index contributed by atoms with van der Waals surface area (Å²) in [4.78, 5) is 27.1. The summed E-state index contributed by atoms with van der Waals surface area (Å²) in [6.07, 6.45) is 2.75. The van der Waals surface area contributed by atoms with Gasteiger partial charge in [-0.25, -0.2) is 4.98 Å². The third-order valence-electron chi connectivity index (χ3n) is 3.68. The molecule has 2 N–H and O–H groups in total. The topological polar surface area (TPSA) is 92.4 Å². The largest absolute Gasteiger partial charge is 0.480 e. The monoisotopic (exact) mass is 398 g/mol. The van der Waals surface area contributed by atoms with Crippen LogP contribution in [0.3, 0.4) is 0 Å². The van der Waals surface area contributed by atoms with Gasteiger partial charge in [0, 0.05) is 22.0 Å². The second-order valence-electron chi connectivity index (χ2n) is 6.44. The molecule has 0 saturated carbocycles. The number of carboxylic acid groups (broad SMARTS) is 1. The van der Waals surface area contributed by atoms with E-state index in [2.05, 4.69) is 10.3 Å². The van der Waals surface area contributed by atoms with Crippen molar-refractivity contribution in [2.45, 2.75) is 38.8 Å². The Labute approximate surface area is 161 Å². The number of hydrogen-bond acceptors (Lipinski definition) is 5. The average Bonchev–Trinajstić information content (AvgIpc) is 3.00. The van der Waals surface area contributed by atoms with Crippen LogP contribution in [0, 0.1) is 5.92 Å². The molecule has 0 aliphatic rings. The van der Waals surface area contributed by atoms with Crippen molar-refractivity contribution in [1.82, 2.24) is 10.3 Å². The zero-order chi connectivity index (χ0) is 19.3. The van der Waals surface area contributed by atoms with Crippen molar-refractivity contribution < 1.29 is 19.1 Å². The molecule has 0 radical (unpaired) electrons. The molecule has 0 fully saturated rings. The molecule has 1 aromatic heterocycles. The number of aldehydes is 1. The first-order valence-corrected chi connectivity index (χ1v) is 8.89. The highest BCUT2D eigenvalue weighted by molar-refractivity contribution is 6.35. The predicted molar refractivity (Wildman–Crippen MR) is 99.5 cm³/mol. The standard InChI is InChI=1S/C18H20Cl2N2O4/c1-10(2)3-16(18(24)25)21-14(8-23)7-15-9-26-17(22-15)11-4-12(19)6-13(20)5-11/h4-6,8-10,14,16,21H,3,7H2,1-2H3,(H,24,25). The summed E-state index contributed by atoms with van der Waals surface area (Å²) in [7, 11) is 0. The summed E-state index contributed by atoms with van der Waals surface area (Å²) in [5, 5.41) is 13.1.